The fourth-order valence-electron chi connectivity index (χ4n) is 3.21. The Labute approximate surface area is 159 Å². The average Bonchev–Trinajstić information content (AvgIpc) is 3.13. The molecule has 1 amide bonds. The number of methoxy groups -OCH3 is 1. The number of carbonyl (C=O) groups is 2. The van der Waals surface area contributed by atoms with Gasteiger partial charge in [-0.15, -0.1) is 0 Å². The number of nitrogens with zero attached hydrogens (tertiary/aromatic N) is 1. The largest absolute Gasteiger partial charge is 0.465 e. The van der Waals surface area contributed by atoms with Crippen LogP contribution in [0.3, 0.4) is 0 Å². The fraction of sp³-hybridized carbons (Fsp3) is 0.273. The van der Waals surface area contributed by atoms with Crippen molar-refractivity contribution in [1.29, 1.82) is 0 Å². The average molecular weight is 364 g/mol. The number of hydrogen-bond acceptors (Lipinski definition) is 4. The molecule has 1 unspecified atom stereocenters. The molecule has 1 atom stereocenters. The van der Waals surface area contributed by atoms with Crippen molar-refractivity contribution in [3.63, 3.8) is 0 Å². The van der Waals surface area contributed by atoms with Crippen LogP contribution in [-0.2, 0) is 16.1 Å². The molecule has 140 valence electrons. The molecular formula is C22H24N2O3. The smallest absolute Gasteiger partial charge is 0.337 e. The first kappa shape index (κ1) is 18.9. The maximum absolute atomic E-state index is 12.2. The molecule has 0 aliphatic carbocycles. The molecule has 1 aliphatic heterocycles. The van der Waals surface area contributed by atoms with Gasteiger partial charge < -0.3 is 10.1 Å². The van der Waals surface area contributed by atoms with Crippen LogP contribution in [0.4, 0.5) is 0 Å². The number of likely N-dealkylation sites (tertiary alicyclic amines) is 1. The van der Waals surface area contributed by atoms with Crippen molar-refractivity contribution in [2.24, 2.45) is 0 Å². The van der Waals surface area contributed by atoms with Gasteiger partial charge in [-0.05, 0) is 35.8 Å². The number of amides is 1. The zero-order valence-corrected chi connectivity index (χ0v) is 15.4. The Morgan fingerprint density at radius 3 is 2.59 bits per heavy atom. The Balaban J connectivity index is 1.46. The summed E-state index contributed by atoms with van der Waals surface area (Å²) in [5.41, 5.74) is 2.64. The normalized spacial score (nSPS) is 17.1. The highest BCUT2D eigenvalue weighted by molar-refractivity contribution is 5.92. The summed E-state index contributed by atoms with van der Waals surface area (Å²) in [5.74, 6) is -0.469. The van der Waals surface area contributed by atoms with Gasteiger partial charge >= 0.3 is 5.97 Å². The number of carbonyl (C=O) groups excluding carboxylic acids is 2. The van der Waals surface area contributed by atoms with E-state index in [2.05, 4.69) is 27.1 Å². The third-order valence-electron chi connectivity index (χ3n) is 4.63. The van der Waals surface area contributed by atoms with E-state index in [1.807, 2.05) is 18.2 Å². The van der Waals surface area contributed by atoms with Gasteiger partial charge in [0.25, 0.3) is 0 Å². The van der Waals surface area contributed by atoms with Crippen molar-refractivity contribution in [3.8, 4) is 0 Å². The molecule has 27 heavy (non-hydrogen) atoms. The molecule has 2 aromatic carbocycles. The van der Waals surface area contributed by atoms with E-state index < -0.39 is 0 Å². The van der Waals surface area contributed by atoms with Gasteiger partial charge in [-0.1, -0.05) is 42.5 Å². The molecule has 1 heterocycles. The molecule has 1 aliphatic rings. The minimum atomic E-state index is -0.371. The molecular weight excluding hydrogens is 340 g/mol. The van der Waals surface area contributed by atoms with E-state index in [4.69, 9.17) is 0 Å². The third kappa shape index (κ3) is 5.53. The zero-order valence-electron chi connectivity index (χ0n) is 15.4. The Bertz CT molecular complexity index is 800. The fourth-order valence-corrected chi connectivity index (χ4v) is 3.21. The summed E-state index contributed by atoms with van der Waals surface area (Å²) in [5, 5.41) is 3.06. The third-order valence-corrected chi connectivity index (χ3v) is 4.63. The van der Waals surface area contributed by atoms with Gasteiger partial charge in [0.1, 0.15) is 0 Å². The van der Waals surface area contributed by atoms with Crippen molar-refractivity contribution < 1.29 is 14.3 Å². The van der Waals surface area contributed by atoms with Crippen LogP contribution < -0.4 is 5.32 Å². The standard InChI is InChI=1S/C22H24N2O3/c1-27-22(26)19-10-7-17(8-11-19)9-12-21(25)23-20-13-14-24(16-20)15-18-5-3-2-4-6-18/h2-12,20H,13-16H2,1H3,(H,23,25)/b12-9+. The van der Waals surface area contributed by atoms with Crippen LogP contribution in [-0.4, -0.2) is 43.0 Å². The van der Waals surface area contributed by atoms with Gasteiger partial charge in [0.05, 0.1) is 12.7 Å². The minimum Gasteiger partial charge on any atom is -0.465 e. The lowest BCUT2D eigenvalue weighted by atomic mass is 10.1. The van der Waals surface area contributed by atoms with Gasteiger partial charge in [0.2, 0.25) is 5.91 Å². The van der Waals surface area contributed by atoms with Crippen molar-refractivity contribution in [2.75, 3.05) is 20.2 Å². The van der Waals surface area contributed by atoms with Gasteiger partial charge in [-0.3, -0.25) is 9.69 Å². The summed E-state index contributed by atoms with van der Waals surface area (Å²) >= 11 is 0. The summed E-state index contributed by atoms with van der Waals surface area (Å²) in [6.45, 7) is 2.76. The monoisotopic (exact) mass is 364 g/mol. The van der Waals surface area contributed by atoms with Crippen LogP contribution in [0.1, 0.15) is 27.9 Å². The number of benzene rings is 2. The minimum absolute atomic E-state index is 0.0985. The maximum atomic E-state index is 12.2. The molecule has 5 heteroatoms. The molecule has 1 saturated heterocycles. The van der Waals surface area contributed by atoms with Gasteiger partial charge in [0.15, 0.2) is 0 Å². The summed E-state index contributed by atoms with van der Waals surface area (Å²) in [6.07, 6.45) is 4.24. The lowest BCUT2D eigenvalue weighted by Crippen LogP contribution is -2.35. The van der Waals surface area contributed by atoms with E-state index in [9.17, 15) is 9.59 Å². The van der Waals surface area contributed by atoms with Crippen LogP contribution in [0.15, 0.2) is 60.7 Å². The topological polar surface area (TPSA) is 58.6 Å². The molecule has 0 aromatic heterocycles. The van der Waals surface area contributed by atoms with E-state index in [0.29, 0.717) is 5.56 Å². The van der Waals surface area contributed by atoms with Crippen LogP contribution in [0.2, 0.25) is 0 Å². The van der Waals surface area contributed by atoms with Crippen LogP contribution in [0, 0.1) is 0 Å². The summed E-state index contributed by atoms with van der Waals surface area (Å²) < 4.78 is 4.67. The summed E-state index contributed by atoms with van der Waals surface area (Å²) in [6, 6.07) is 17.5. The van der Waals surface area contributed by atoms with E-state index in [1.54, 1.807) is 30.3 Å². The first-order valence-electron chi connectivity index (χ1n) is 9.07. The molecule has 5 nitrogen and oxygen atoms in total. The van der Waals surface area contributed by atoms with Crippen molar-refractivity contribution in [3.05, 3.63) is 77.4 Å². The van der Waals surface area contributed by atoms with Gasteiger partial charge in [-0.25, -0.2) is 4.79 Å². The molecule has 1 fully saturated rings. The Hall–Kier alpha value is -2.92. The number of ether oxygens (including phenoxy) is 1. The Morgan fingerprint density at radius 1 is 1.15 bits per heavy atom. The van der Waals surface area contributed by atoms with Gasteiger partial charge in [0, 0.05) is 31.8 Å². The number of nitrogens with one attached hydrogen (secondary N) is 1. The lowest BCUT2D eigenvalue weighted by molar-refractivity contribution is -0.117. The van der Waals surface area contributed by atoms with E-state index in [0.717, 1.165) is 31.6 Å². The SMILES string of the molecule is COC(=O)c1ccc(/C=C/C(=O)NC2CCN(Cc3ccccc3)C2)cc1. The molecule has 1 N–H and O–H groups in total. The second-order valence-electron chi connectivity index (χ2n) is 6.66. The molecule has 0 saturated carbocycles. The number of hydrogen-bond donors (Lipinski definition) is 1. The first-order valence-corrected chi connectivity index (χ1v) is 9.07. The molecule has 3 rings (SSSR count). The lowest BCUT2D eigenvalue weighted by Gasteiger charge is -2.16. The van der Waals surface area contributed by atoms with Crippen LogP contribution >= 0.6 is 0 Å². The summed E-state index contributed by atoms with van der Waals surface area (Å²) in [4.78, 5) is 25.9. The molecule has 0 radical (unpaired) electrons. The van der Waals surface area contributed by atoms with E-state index >= 15 is 0 Å². The van der Waals surface area contributed by atoms with Crippen LogP contribution in [0.25, 0.3) is 6.08 Å². The highest BCUT2D eigenvalue weighted by Gasteiger charge is 2.23. The molecule has 0 bridgehead atoms. The number of rotatable bonds is 6. The molecule has 2 aromatic rings. The highest BCUT2D eigenvalue weighted by atomic mass is 16.5. The van der Waals surface area contributed by atoms with E-state index in [-0.39, 0.29) is 17.9 Å². The second kappa shape index (κ2) is 9.14. The Kier molecular flexibility index (Phi) is 6.39. The summed E-state index contributed by atoms with van der Waals surface area (Å²) in [7, 11) is 1.35. The quantitative estimate of drug-likeness (QED) is 0.633. The van der Waals surface area contributed by atoms with Gasteiger partial charge in [-0.2, -0.15) is 0 Å². The van der Waals surface area contributed by atoms with Crippen molar-refractivity contribution in [2.45, 2.75) is 19.0 Å². The Morgan fingerprint density at radius 2 is 1.89 bits per heavy atom. The van der Waals surface area contributed by atoms with Crippen molar-refractivity contribution >= 4 is 18.0 Å². The predicted octanol–water partition coefficient (Wildman–Crippen LogP) is 2.88. The predicted molar refractivity (Wildman–Crippen MR) is 105 cm³/mol. The van der Waals surface area contributed by atoms with Crippen molar-refractivity contribution in [1.82, 2.24) is 10.2 Å². The number of esters is 1. The maximum Gasteiger partial charge on any atom is 0.337 e. The second-order valence-corrected chi connectivity index (χ2v) is 6.66. The van der Waals surface area contributed by atoms with Crippen LogP contribution in [0.5, 0.6) is 0 Å². The zero-order chi connectivity index (χ0) is 19.1. The first-order chi connectivity index (χ1) is 13.1. The molecule has 0 spiro atoms. The van der Waals surface area contributed by atoms with E-state index in [1.165, 1.54) is 18.7 Å². The highest BCUT2D eigenvalue weighted by Crippen LogP contribution is 2.13.